The SMILES string of the molecule is CCOC1CCC(N(CC(=O)Nc2ccc(F)cc2F)Cc2ccc(OC(C)(C)C(=O)O)c(C)c2)CC1. The number of rotatable bonds is 11. The number of carboxylic acid groups (broad SMARTS) is 1. The van der Waals surface area contributed by atoms with Crippen LogP contribution in [0.2, 0.25) is 0 Å². The fourth-order valence-corrected chi connectivity index (χ4v) is 4.57. The molecule has 0 saturated heterocycles. The number of carbonyl (C=O) groups is 2. The highest BCUT2D eigenvalue weighted by atomic mass is 19.1. The molecule has 1 saturated carbocycles. The van der Waals surface area contributed by atoms with E-state index in [9.17, 15) is 23.5 Å². The monoisotopic (exact) mass is 518 g/mol. The molecule has 37 heavy (non-hydrogen) atoms. The molecule has 1 fully saturated rings. The molecule has 1 amide bonds. The van der Waals surface area contributed by atoms with Gasteiger partial charge in [-0.15, -0.1) is 0 Å². The number of amides is 1. The largest absolute Gasteiger partial charge is 0.478 e. The van der Waals surface area contributed by atoms with Gasteiger partial charge in [-0.3, -0.25) is 9.69 Å². The van der Waals surface area contributed by atoms with Gasteiger partial charge in [-0.1, -0.05) is 12.1 Å². The third-order valence-corrected chi connectivity index (χ3v) is 6.62. The van der Waals surface area contributed by atoms with Crippen molar-refractivity contribution < 1.29 is 33.0 Å². The van der Waals surface area contributed by atoms with E-state index >= 15 is 0 Å². The molecule has 1 aliphatic rings. The number of nitrogens with zero attached hydrogens (tertiary/aromatic N) is 1. The molecule has 0 aromatic heterocycles. The van der Waals surface area contributed by atoms with E-state index in [0.717, 1.165) is 48.9 Å². The zero-order valence-corrected chi connectivity index (χ0v) is 21.9. The van der Waals surface area contributed by atoms with Crippen LogP contribution in [0.5, 0.6) is 5.75 Å². The van der Waals surface area contributed by atoms with E-state index in [1.165, 1.54) is 19.9 Å². The Labute approximate surface area is 216 Å². The minimum Gasteiger partial charge on any atom is -0.478 e. The fourth-order valence-electron chi connectivity index (χ4n) is 4.57. The second-order valence-corrected chi connectivity index (χ2v) is 9.98. The molecule has 1 aliphatic carbocycles. The Morgan fingerprint density at radius 1 is 1.11 bits per heavy atom. The first kappa shape index (κ1) is 28.5. The lowest BCUT2D eigenvalue weighted by Gasteiger charge is -2.36. The molecule has 9 heteroatoms. The highest BCUT2D eigenvalue weighted by molar-refractivity contribution is 5.92. The molecule has 2 N–H and O–H groups in total. The highest BCUT2D eigenvalue weighted by Gasteiger charge is 2.31. The number of ether oxygens (including phenoxy) is 2. The Bertz CT molecular complexity index is 1100. The molecule has 0 bridgehead atoms. The lowest BCUT2D eigenvalue weighted by atomic mass is 9.91. The van der Waals surface area contributed by atoms with Crippen molar-refractivity contribution in [1.29, 1.82) is 0 Å². The Hall–Kier alpha value is -3.04. The summed E-state index contributed by atoms with van der Waals surface area (Å²) in [7, 11) is 0. The number of aryl methyl sites for hydroxylation is 1. The van der Waals surface area contributed by atoms with Gasteiger partial charge in [0.25, 0.3) is 0 Å². The second kappa shape index (κ2) is 12.5. The fraction of sp³-hybridized carbons (Fsp3) is 0.500. The van der Waals surface area contributed by atoms with E-state index in [-0.39, 0.29) is 24.4 Å². The second-order valence-electron chi connectivity index (χ2n) is 9.98. The maximum atomic E-state index is 14.1. The molecule has 3 rings (SSSR count). The quantitative estimate of drug-likeness (QED) is 0.420. The Morgan fingerprint density at radius 2 is 1.81 bits per heavy atom. The molecular formula is C28H36F2N2O5. The number of carbonyl (C=O) groups excluding carboxylic acids is 1. The number of hydrogen-bond acceptors (Lipinski definition) is 5. The number of carboxylic acids is 1. The number of anilines is 1. The van der Waals surface area contributed by atoms with Gasteiger partial charge in [0.15, 0.2) is 5.60 Å². The molecule has 0 atom stereocenters. The minimum atomic E-state index is -1.37. The predicted octanol–water partition coefficient (Wildman–Crippen LogP) is 5.30. The summed E-state index contributed by atoms with van der Waals surface area (Å²) >= 11 is 0. The van der Waals surface area contributed by atoms with Crippen molar-refractivity contribution in [3.05, 3.63) is 59.2 Å². The van der Waals surface area contributed by atoms with E-state index in [4.69, 9.17) is 9.47 Å². The molecule has 202 valence electrons. The maximum Gasteiger partial charge on any atom is 0.347 e. The van der Waals surface area contributed by atoms with Gasteiger partial charge in [-0.2, -0.15) is 0 Å². The molecule has 0 aliphatic heterocycles. The van der Waals surface area contributed by atoms with Crippen LogP contribution >= 0.6 is 0 Å². The van der Waals surface area contributed by atoms with Crippen LogP contribution < -0.4 is 10.1 Å². The summed E-state index contributed by atoms with van der Waals surface area (Å²) in [5.74, 6) is -2.51. The molecule has 0 radical (unpaired) electrons. The molecule has 0 unspecified atom stereocenters. The van der Waals surface area contributed by atoms with Gasteiger partial charge in [0, 0.05) is 25.3 Å². The number of aliphatic carboxylic acids is 1. The first-order valence-electron chi connectivity index (χ1n) is 12.6. The van der Waals surface area contributed by atoms with Crippen LogP contribution in [0, 0.1) is 18.6 Å². The van der Waals surface area contributed by atoms with Crippen molar-refractivity contribution in [2.45, 2.75) is 77.7 Å². The smallest absolute Gasteiger partial charge is 0.347 e. The van der Waals surface area contributed by atoms with Crippen LogP contribution in [0.15, 0.2) is 36.4 Å². The first-order valence-corrected chi connectivity index (χ1v) is 12.6. The molecule has 2 aromatic rings. The topological polar surface area (TPSA) is 88.1 Å². The molecule has 7 nitrogen and oxygen atoms in total. The summed E-state index contributed by atoms with van der Waals surface area (Å²) in [6.45, 7) is 7.97. The van der Waals surface area contributed by atoms with E-state index in [2.05, 4.69) is 10.2 Å². The third-order valence-electron chi connectivity index (χ3n) is 6.62. The van der Waals surface area contributed by atoms with Crippen molar-refractivity contribution in [3.63, 3.8) is 0 Å². The van der Waals surface area contributed by atoms with Crippen molar-refractivity contribution in [2.75, 3.05) is 18.5 Å². The first-order chi connectivity index (χ1) is 17.5. The van der Waals surface area contributed by atoms with Gasteiger partial charge in [-0.25, -0.2) is 13.6 Å². The van der Waals surface area contributed by atoms with Gasteiger partial charge in [0.2, 0.25) is 5.91 Å². The normalized spacial score (nSPS) is 18.0. The Kier molecular flexibility index (Phi) is 9.62. The average Bonchev–Trinajstić information content (AvgIpc) is 2.83. The van der Waals surface area contributed by atoms with Crippen molar-refractivity contribution in [3.8, 4) is 5.75 Å². The number of hydrogen-bond donors (Lipinski definition) is 2. The zero-order chi connectivity index (χ0) is 27.2. The van der Waals surface area contributed by atoms with Gasteiger partial charge in [0.05, 0.1) is 18.3 Å². The van der Waals surface area contributed by atoms with Gasteiger partial charge in [0.1, 0.15) is 17.4 Å². The third kappa shape index (κ3) is 7.97. The van der Waals surface area contributed by atoms with Crippen LogP contribution in [0.1, 0.15) is 57.6 Å². The van der Waals surface area contributed by atoms with Crippen LogP contribution in [0.25, 0.3) is 0 Å². The van der Waals surface area contributed by atoms with Gasteiger partial charge < -0.3 is 19.9 Å². The Balaban J connectivity index is 1.75. The van der Waals surface area contributed by atoms with Gasteiger partial charge >= 0.3 is 5.97 Å². The van der Waals surface area contributed by atoms with Crippen molar-refractivity contribution >= 4 is 17.6 Å². The Morgan fingerprint density at radius 3 is 2.41 bits per heavy atom. The van der Waals surface area contributed by atoms with Crippen LogP contribution in [-0.2, 0) is 20.9 Å². The average molecular weight is 519 g/mol. The van der Waals surface area contributed by atoms with Crippen LogP contribution in [-0.4, -0.2) is 52.8 Å². The lowest BCUT2D eigenvalue weighted by Crippen LogP contribution is -2.43. The summed E-state index contributed by atoms with van der Waals surface area (Å²) in [4.78, 5) is 26.4. The molecule has 0 heterocycles. The van der Waals surface area contributed by atoms with Crippen molar-refractivity contribution in [1.82, 2.24) is 4.90 Å². The van der Waals surface area contributed by atoms with Crippen LogP contribution in [0.3, 0.4) is 0 Å². The molecule has 2 aromatic carbocycles. The summed E-state index contributed by atoms with van der Waals surface area (Å²) in [6.07, 6.45) is 3.70. The summed E-state index contributed by atoms with van der Waals surface area (Å²) in [5.41, 5.74) is 0.283. The van der Waals surface area contributed by atoms with E-state index in [0.29, 0.717) is 18.9 Å². The minimum absolute atomic E-state index is 0.0319. The highest BCUT2D eigenvalue weighted by Crippen LogP contribution is 2.29. The number of halogens is 2. The summed E-state index contributed by atoms with van der Waals surface area (Å²) in [6, 6.07) is 8.70. The molecule has 0 spiro atoms. The zero-order valence-electron chi connectivity index (χ0n) is 21.9. The number of benzene rings is 2. The molecular weight excluding hydrogens is 482 g/mol. The van der Waals surface area contributed by atoms with E-state index in [1.807, 2.05) is 26.0 Å². The van der Waals surface area contributed by atoms with E-state index in [1.54, 1.807) is 6.07 Å². The van der Waals surface area contributed by atoms with Crippen LogP contribution in [0.4, 0.5) is 14.5 Å². The summed E-state index contributed by atoms with van der Waals surface area (Å²) < 4.78 is 38.8. The lowest BCUT2D eigenvalue weighted by molar-refractivity contribution is -0.152. The van der Waals surface area contributed by atoms with E-state index < -0.39 is 29.1 Å². The van der Waals surface area contributed by atoms with Gasteiger partial charge in [-0.05, 0) is 82.7 Å². The standard InChI is InChI=1S/C28H36F2N2O5/c1-5-36-22-10-8-21(9-11-22)32(17-26(33)31-24-12-7-20(29)15-23(24)30)16-19-6-13-25(18(2)14-19)37-28(3,4)27(34)35/h6-7,12-15,21-22H,5,8-11,16-17H2,1-4H3,(H,31,33)(H,34,35). The number of nitrogens with one attached hydrogen (secondary N) is 1. The van der Waals surface area contributed by atoms with Crippen molar-refractivity contribution in [2.24, 2.45) is 0 Å². The summed E-state index contributed by atoms with van der Waals surface area (Å²) in [5, 5.41) is 11.9. The predicted molar refractivity (Wildman–Crippen MR) is 137 cm³/mol. The maximum absolute atomic E-state index is 14.1.